The quantitative estimate of drug-likeness (QED) is 0.818. The number of aliphatic hydroxyl groups excluding tert-OH is 1. The maximum absolute atomic E-state index is 12.4. The maximum Gasteiger partial charge on any atom is 0.222 e. The van der Waals surface area contributed by atoms with Crippen LogP contribution in [0.1, 0.15) is 51.2 Å². The van der Waals surface area contributed by atoms with E-state index in [0.29, 0.717) is 11.8 Å². The molecule has 2 saturated carbocycles. The number of hydrogen-bond acceptors (Lipinski definition) is 3. The van der Waals surface area contributed by atoms with Gasteiger partial charge in [-0.15, -0.1) is 0 Å². The molecule has 1 aliphatic heterocycles. The Morgan fingerprint density at radius 3 is 2.79 bits per heavy atom. The van der Waals surface area contributed by atoms with Gasteiger partial charge in [0, 0.05) is 19.1 Å². The molecule has 5 atom stereocenters. The summed E-state index contributed by atoms with van der Waals surface area (Å²) in [5.41, 5.74) is 1.43. The fourth-order valence-electron chi connectivity index (χ4n) is 6.84. The number of nitrogens with one attached hydrogen (secondary N) is 1. The van der Waals surface area contributed by atoms with Gasteiger partial charge in [0.25, 0.3) is 0 Å². The molecule has 3 fully saturated rings. The van der Waals surface area contributed by atoms with Crippen LogP contribution in [-0.4, -0.2) is 30.3 Å². The second-order valence-electron chi connectivity index (χ2n) is 9.92. The summed E-state index contributed by atoms with van der Waals surface area (Å²) in [6.45, 7) is 5.27. The van der Waals surface area contributed by atoms with Crippen molar-refractivity contribution in [3.63, 3.8) is 0 Å². The number of hydrogen-bond donors (Lipinski definition) is 2. The normalized spacial score (nSPS) is 34.9. The van der Waals surface area contributed by atoms with Crippen LogP contribution in [0.2, 0.25) is 0 Å². The first-order valence-electron chi connectivity index (χ1n) is 11.0. The predicted octanol–water partition coefficient (Wildman–Crippen LogP) is 4.22. The van der Waals surface area contributed by atoms with Gasteiger partial charge < -0.3 is 15.2 Å². The fraction of sp³-hybridized carbons (Fsp3) is 0.560. The monoisotopic (exact) mass is 393 g/mol. The van der Waals surface area contributed by atoms with Crippen molar-refractivity contribution in [2.45, 2.75) is 51.7 Å². The molecule has 0 radical (unpaired) electrons. The second kappa shape index (κ2) is 6.82. The zero-order chi connectivity index (χ0) is 20.2. The summed E-state index contributed by atoms with van der Waals surface area (Å²) in [7, 11) is 0. The zero-order valence-electron chi connectivity index (χ0n) is 17.4. The molecule has 154 valence electrons. The lowest BCUT2D eigenvalue weighted by Gasteiger charge is -2.53. The number of benzene rings is 2. The van der Waals surface area contributed by atoms with Crippen molar-refractivity contribution in [3.8, 4) is 0 Å². The Kier molecular flexibility index (Phi) is 4.48. The molecule has 1 saturated heterocycles. The summed E-state index contributed by atoms with van der Waals surface area (Å²) in [5, 5.41) is 15.0. The zero-order valence-corrected chi connectivity index (χ0v) is 17.4. The number of aliphatic hydroxyl groups is 1. The Hall–Kier alpha value is -1.91. The largest absolute Gasteiger partial charge is 0.396 e. The molecule has 4 nitrogen and oxygen atoms in total. The molecule has 2 aromatic carbocycles. The highest BCUT2D eigenvalue weighted by Gasteiger charge is 2.68. The molecule has 2 aromatic rings. The maximum atomic E-state index is 12.4. The molecule has 1 spiro atoms. The van der Waals surface area contributed by atoms with Gasteiger partial charge in [-0.05, 0) is 64.3 Å². The third-order valence-corrected chi connectivity index (χ3v) is 8.25. The van der Waals surface area contributed by atoms with Gasteiger partial charge in [-0.25, -0.2) is 0 Å². The lowest BCUT2D eigenvalue weighted by Crippen LogP contribution is -2.59. The second-order valence-corrected chi connectivity index (χ2v) is 9.92. The van der Waals surface area contributed by atoms with Crippen LogP contribution >= 0.6 is 0 Å². The highest BCUT2D eigenvalue weighted by Crippen LogP contribution is 2.70. The van der Waals surface area contributed by atoms with Crippen molar-refractivity contribution in [2.24, 2.45) is 22.7 Å². The Balaban J connectivity index is 1.50. The Morgan fingerprint density at radius 1 is 1.21 bits per heavy atom. The van der Waals surface area contributed by atoms with Crippen LogP contribution in [0, 0.1) is 22.7 Å². The van der Waals surface area contributed by atoms with Gasteiger partial charge in [-0.1, -0.05) is 50.2 Å². The standard InChI is InChI=1S/C25H31NO3/c1-24(2)19-14-20-22(18-8-7-16-5-3-4-6-17(16)13-18)29-12-10-25(20,15-19)23(24)26-21(28)9-11-27/h3-8,13,19-20,22-23,27H,9-12,14-15H2,1-2H3,(H,26,28)/t19-,20-,22-,23+,25-/m1/s1. The Bertz CT molecular complexity index is 939. The van der Waals surface area contributed by atoms with E-state index in [1.54, 1.807) is 0 Å². The number of carbonyl (C=O) groups excluding carboxylic acids is 1. The number of fused-ring (bicyclic) bond motifs is 2. The lowest BCUT2D eigenvalue weighted by atomic mass is 9.58. The average Bonchev–Trinajstić information content (AvgIpc) is 3.20. The van der Waals surface area contributed by atoms with Gasteiger partial charge in [0.05, 0.1) is 12.7 Å². The van der Waals surface area contributed by atoms with Gasteiger partial charge in [-0.3, -0.25) is 4.79 Å². The lowest BCUT2D eigenvalue weighted by molar-refractivity contribution is -0.137. The molecule has 29 heavy (non-hydrogen) atoms. The molecule has 1 heterocycles. The minimum absolute atomic E-state index is 0.0278. The molecule has 0 aromatic heterocycles. The molecule has 3 aliphatic rings. The summed E-state index contributed by atoms with van der Waals surface area (Å²) in [6, 6.07) is 15.3. The summed E-state index contributed by atoms with van der Waals surface area (Å²) in [6.07, 6.45) is 3.61. The van der Waals surface area contributed by atoms with Crippen LogP contribution in [0.5, 0.6) is 0 Å². The average molecular weight is 394 g/mol. The fourth-order valence-corrected chi connectivity index (χ4v) is 6.84. The van der Waals surface area contributed by atoms with E-state index in [-0.39, 0.29) is 41.9 Å². The molecule has 2 aliphatic carbocycles. The molecule has 5 rings (SSSR count). The van der Waals surface area contributed by atoms with Crippen LogP contribution in [0.4, 0.5) is 0 Å². The van der Waals surface area contributed by atoms with Crippen molar-refractivity contribution in [3.05, 3.63) is 48.0 Å². The van der Waals surface area contributed by atoms with Crippen LogP contribution in [0.3, 0.4) is 0 Å². The summed E-state index contributed by atoms with van der Waals surface area (Å²) < 4.78 is 6.39. The Labute approximate surface area is 172 Å². The van der Waals surface area contributed by atoms with Crippen molar-refractivity contribution in [1.29, 1.82) is 0 Å². The molecule has 2 N–H and O–H groups in total. The van der Waals surface area contributed by atoms with E-state index >= 15 is 0 Å². The van der Waals surface area contributed by atoms with Gasteiger partial charge in [0.1, 0.15) is 0 Å². The topological polar surface area (TPSA) is 58.6 Å². The smallest absolute Gasteiger partial charge is 0.222 e. The summed E-state index contributed by atoms with van der Waals surface area (Å²) in [4.78, 5) is 12.4. The van der Waals surface area contributed by atoms with E-state index in [9.17, 15) is 9.90 Å². The number of ether oxygens (including phenoxy) is 1. The van der Waals surface area contributed by atoms with E-state index < -0.39 is 0 Å². The molecular formula is C25H31NO3. The van der Waals surface area contributed by atoms with Crippen molar-refractivity contribution >= 4 is 16.7 Å². The van der Waals surface area contributed by atoms with Gasteiger partial charge in [0.15, 0.2) is 0 Å². The molecule has 0 unspecified atom stereocenters. The summed E-state index contributed by atoms with van der Waals surface area (Å²) >= 11 is 0. The minimum Gasteiger partial charge on any atom is -0.396 e. The Morgan fingerprint density at radius 2 is 2.00 bits per heavy atom. The predicted molar refractivity (Wildman–Crippen MR) is 113 cm³/mol. The third kappa shape index (κ3) is 2.83. The summed E-state index contributed by atoms with van der Waals surface area (Å²) in [5.74, 6) is 0.992. The molecular weight excluding hydrogens is 362 g/mol. The van der Waals surface area contributed by atoms with E-state index in [2.05, 4.69) is 61.6 Å². The number of rotatable bonds is 4. The third-order valence-electron chi connectivity index (χ3n) is 8.25. The van der Waals surface area contributed by atoms with Crippen molar-refractivity contribution < 1.29 is 14.6 Å². The molecule has 4 heteroatoms. The van der Waals surface area contributed by atoms with Crippen molar-refractivity contribution in [1.82, 2.24) is 5.32 Å². The highest BCUT2D eigenvalue weighted by atomic mass is 16.5. The van der Waals surface area contributed by atoms with Gasteiger partial charge in [0.2, 0.25) is 5.91 Å². The van der Waals surface area contributed by atoms with Crippen molar-refractivity contribution in [2.75, 3.05) is 13.2 Å². The minimum atomic E-state index is -0.0956. The van der Waals surface area contributed by atoms with Gasteiger partial charge in [-0.2, -0.15) is 0 Å². The number of carbonyl (C=O) groups is 1. The van der Waals surface area contributed by atoms with Crippen LogP contribution < -0.4 is 5.32 Å². The number of amides is 1. The first-order chi connectivity index (χ1) is 14.0. The van der Waals surface area contributed by atoms with Crippen LogP contribution in [0.15, 0.2) is 42.5 Å². The highest BCUT2D eigenvalue weighted by molar-refractivity contribution is 5.83. The van der Waals surface area contributed by atoms with E-state index in [0.717, 1.165) is 19.4 Å². The SMILES string of the molecule is CC1(C)[C@@H]2C[C@@H]3[C@@H](c4ccc5ccccc5c4)OCC[C@]3(C2)[C@H]1NC(=O)CCO. The van der Waals surface area contributed by atoms with E-state index in [1.807, 2.05) is 0 Å². The first-order valence-corrected chi connectivity index (χ1v) is 11.0. The van der Waals surface area contributed by atoms with E-state index in [1.165, 1.54) is 22.8 Å². The van der Waals surface area contributed by atoms with Crippen LogP contribution in [-0.2, 0) is 9.53 Å². The molecule has 1 amide bonds. The molecule has 2 bridgehead atoms. The van der Waals surface area contributed by atoms with Crippen LogP contribution in [0.25, 0.3) is 10.8 Å². The van der Waals surface area contributed by atoms with Gasteiger partial charge >= 0.3 is 0 Å². The first kappa shape index (κ1) is 19.1. The van der Waals surface area contributed by atoms with E-state index in [4.69, 9.17) is 4.74 Å².